The van der Waals surface area contributed by atoms with Crippen molar-refractivity contribution in [2.45, 2.75) is 12.8 Å². The minimum absolute atomic E-state index is 0.157. The van der Waals surface area contributed by atoms with E-state index in [4.69, 9.17) is 5.11 Å². The Morgan fingerprint density at radius 1 is 1.38 bits per heavy atom. The van der Waals surface area contributed by atoms with Gasteiger partial charge in [0.1, 0.15) is 12.1 Å². The maximum Gasteiger partial charge on any atom is 0.311 e. The number of rotatable bonds is 5. The lowest BCUT2D eigenvalue weighted by Gasteiger charge is -2.11. The van der Waals surface area contributed by atoms with Gasteiger partial charge in [-0.2, -0.15) is 0 Å². The molecule has 3 rings (SSSR count). The van der Waals surface area contributed by atoms with E-state index in [-0.39, 0.29) is 12.5 Å². The molecule has 0 aliphatic heterocycles. The fourth-order valence-electron chi connectivity index (χ4n) is 2.04. The van der Waals surface area contributed by atoms with Crippen molar-refractivity contribution in [3.05, 3.63) is 42.6 Å². The van der Waals surface area contributed by atoms with Crippen LogP contribution in [-0.2, 0) is 4.79 Å². The van der Waals surface area contributed by atoms with Crippen LogP contribution in [-0.4, -0.2) is 38.1 Å². The van der Waals surface area contributed by atoms with Gasteiger partial charge < -0.3 is 10.4 Å². The summed E-state index contributed by atoms with van der Waals surface area (Å²) < 4.78 is 1.73. The molecule has 0 spiro atoms. The number of carboxylic acids is 1. The molecule has 7 heteroatoms. The molecule has 2 aromatic heterocycles. The molecule has 108 valence electrons. The van der Waals surface area contributed by atoms with Crippen LogP contribution < -0.4 is 5.32 Å². The van der Waals surface area contributed by atoms with E-state index < -0.39 is 11.4 Å². The summed E-state index contributed by atoms with van der Waals surface area (Å²) in [5, 5.41) is 11.7. The lowest BCUT2D eigenvalue weighted by molar-refractivity contribution is -0.143. The zero-order chi connectivity index (χ0) is 14.9. The van der Waals surface area contributed by atoms with Crippen molar-refractivity contribution in [3.8, 4) is 5.82 Å². The van der Waals surface area contributed by atoms with Crippen molar-refractivity contribution in [2.75, 3.05) is 6.54 Å². The number of aliphatic carboxylic acids is 1. The molecule has 0 unspecified atom stereocenters. The van der Waals surface area contributed by atoms with Gasteiger partial charge in [0.25, 0.3) is 5.91 Å². The van der Waals surface area contributed by atoms with Crippen molar-refractivity contribution in [1.82, 2.24) is 19.9 Å². The Kier molecular flexibility index (Phi) is 3.17. The van der Waals surface area contributed by atoms with Crippen LogP contribution in [0.2, 0.25) is 0 Å². The quantitative estimate of drug-likeness (QED) is 0.849. The first-order valence-corrected chi connectivity index (χ1v) is 6.57. The van der Waals surface area contributed by atoms with Crippen molar-refractivity contribution in [1.29, 1.82) is 0 Å². The lowest BCUT2D eigenvalue weighted by Crippen LogP contribution is -2.34. The van der Waals surface area contributed by atoms with Crippen LogP contribution in [0.25, 0.3) is 5.82 Å². The molecule has 1 amide bonds. The highest BCUT2D eigenvalue weighted by molar-refractivity contribution is 5.94. The predicted octanol–water partition coefficient (Wildman–Crippen LogP) is 0.862. The van der Waals surface area contributed by atoms with Gasteiger partial charge in [-0.05, 0) is 25.0 Å². The van der Waals surface area contributed by atoms with Crippen LogP contribution in [0.5, 0.6) is 0 Å². The Hall–Kier alpha value is -2.70. The largest absolute Gasteiger partial charge is 0.481 e. The minimum Gasteiger partial charge on any atom is -0.481 e. The molecule has 21 heavy (non-hydrogen) atoms. The number of hydrogen-bond donors (Lipinski definition) is 2. The molecular formula is C14H14N4O3. The van der Waals surface area contributed by atoms with E-state index in [1.54, 1.807) is 35.4 Å². The van der Waals surface area contributed by atoms with E-state index in [0.717, 1.165) is 0 Å². The van der Waals surface area contributed by atoms with E-state index in [1.807, 2.05) is 0 Å². The molecule has 1 aliphatic rings. The number of carbonyl (C=O) groups is 2. The van der Waals surface area contributed by atoms with Gasteiger partial charge in [0, 0.05) is 25.1 Å². The number of nitrogens with one attached hydrogen (secondary N) is 1. The first kappa shape index (κ1) is 13.3. The highest BCUT2D eigenvalue weighted by atomic mass is 16.4. The summed E-state index contributed by atoms with van der Waals surface area (Å²) in [5.41, 5.74) is -0.361. The topological polar surface area (TPSA) is 97.1 Å². The Morgan fingerprint density at radius 2 is 2.19 bits per heavy atom. The van der Waals surface area contributed by atoms with Crippen LogP contribution >= 0.6 is 0 Å². The zero-order valence-corrected chi connectivity index (χ0v) is 11.2. The Bertz CT molecular complexity index is 660. The van der Waals surface area contributed by atoms with Crippen molar-refractivity contribution < 1.29 is 14.7 Å². The van der Waals surface area contributed by atoms with Crippen LogP contribution in [0.4, 0.5) is 0 Å². The number of amides is 1. The average molecular weight is 286 g/mol. The molecule has 2 aromatic rings. The van der Waals surface area contributed by atoms with Gasteiger partial charge in [0.05, 0.1) is 11.0 Å². The first-order chi connectivity index (χ1) is 10.1. The molecule has 1 saturated carbocycles. The minimum atomic E-state index is -0.851. The predicted molar refractivity (Wildman–Crippen MR) is 73.0 cm³/mol. The van der Waals surface area contributed by atoms with Crippen molar-refractivity contribution >= 4 is 11.9 Å². The molecule has 0 aromatic carbocycles. The van der Waals surface area contributed by atoms with Gasteiger partial charge in [-0.3, -0.25) is 14.2 Å². The maximum atomic E-state index is 12.0. The highest BCUT2D eigenvalue weighted by Crippen LogP contribution is 2.45. The number of nitrogens with zero attached hydrogens (tertiary/aromatic N) is 3. The third-order valence-corrected chi connectivity index (χ3v) is 3.67. The van der Waals surface area contributed by atoms with Crippen molar-refractivity contribution in [3.63, 3.8) is 0 Å². The second-order valence-corrected chi connectivity index (χ2v) is 5.14. The molecule has 0 bridgehead atoms. The SMILES string of the molecule is O=C(NCC1(C(=O)O)CC1)c1ccc(-n2ccnc2)nc1. The third kappa shape index (κ3) is 2.62. The van der Waals surface area contributed by atoms with Gasteiger partial charge in [-0.15, -0.1) is 0 Å². The highest BCUT2D eigenvalue weighted by Gasteiger charge is 2.50. The van der Waals surface area contributed by atoms with Crippen LogP contribution in [0.15, 0.2) is 37.1 Å². The monoisotopic (exact) mass is 286 g/mol. The van der Waals surface area contributed by atoms with E-state index in [2.05, 4.69) is 15.3 Å². The van der Waals surface area contributed by atoms with Gasteiger partial charge >= 0.3 is 5.97 Å². The van der Waals surface area contributed by atoms with E-state index in [9.17, 15) is 9.59 Å². The summed E-state index contributed by atoms with van der Waals surface area (Å²) >= 11 is 0. The van der Waals surface area contributed by atoms with Crippen LogP contribution in [0.1, 0.15) is 23.2 Å². The number of carbonyl (C=O) groups excluding carboxylic acids is 1. The van der Waals surface area contributed by atoms with E-state index in [0.29, 0.717) is 24.2 Å². The molecule has 7 nitrogen and oxygen atoms in total. The Morgan fingerprint density at radius 3 is 2.71 bits per heavy atom. The lowest BCUT2D eigenvalue weighted by atomic mass is 10.1. The normalized spacial score (nSPS) is 15.4. The second kappa shape index (κ2) is 5.01. The smallest absolute Gasteiger partial charge is 0.311 e. The number of pyridine rings is 1. The summed E-state index contributed by atoms with van der Waals surface area (Å²) in [6, 6.07) is 3.36. The van der Waals surface area contributed by atoms with Gasteiger partial charge in [0.2, 0.25) is 0 Å². The molecule has 1 aliphatic carbocycles. The number of aromatic nitrogens is 3. The molecule has 0 radical (unpaired) electrons. The first-order valence-electron chi connectivity index (χ1n) is 6.57. The Labute approximate surface area is 120 Å². The molecule has 2 heterocycles. The molecule has 0 atom stereocenters. The summed E-state index contributed by atoms with van der Waals surface area (Å²) in [7, 11) is 0. The third-order valence-electron chi connectivity index (χ3n) is 3.67. The summed E-state index contributed by atoms with van der Waals surface area (Å²) in [5.74, 6) is -0.503. The summed E-state index contributed by atoms with van der Waals surface area (Å²) in [6.45, 7) is 0.157. The zero-order valence-electron chi connectivity index (χ0n) is 11.2. The number of imidazole rings is 1. The fraction of sp³-hybridized carbons (Fsp3) is 0.286. The molecule has 2 N–H and O–H groups in total. The number of carboxylic acid groups (broad SMARTS) is 1. The molecular weight excluding hydrogens is 272 g/mol. The van der Waals surface area contributed by atoms with Crippen LogP contribution in [0.3, 0.4) is 0 Å². The Balaban J connectivity index is 1.64. The number of hydrogen-bond acceptors (Lipinski definition) is 4. The van der Waals surface area contributed by atoms with E-state index in [1.165, 1.54) is 6.20 Å². The van der Waals surface area contributed by atoms with E-state index >= 15 is 0 Å². The van der Waals surface area contributed by atoms with Crippen molar-refractivity contribution in [2.24, 2.45) is 5.41 Å². The van der Waals surface area contributed by atoms with Gasteiger partial charge in [0.15, 0.2) is 0 Å². The standard InChI is InChI=1S/C14H14N4O3/c19-12(17-8-14(3-4-14)13(20)21)10-1-2-11(16-7-10)18-6-5-15-9-18/h1-2,5-7,9H,3-4,8H2,(H,17,19)(H,20,21). The maximum absolute atomic E-state index is 12.0. The van der Waals surface area contributed by atoms with Gasteiger partial charge in [-0.25, -0.2) is 9.97 Å². The summed E-state index contributed by atoms with van der Waals surface area (Å²) in [4.78, 5) is 31.1. The van der Waals surface area contributed by atoms with Crippen LogP contribution in [0, 0.1) is 5.41 Å². The second-order valence-electron chi connectivity index (χ2n) is 5.14. The average Bonchev–Trinajstić information content (AvgIpc) is 3.10. The summed E-state index contributed by atoms with van der Waals surface area (Å²) in [6.07, 6.45) is 7.70. The fourth-order valence-corrected chi connectivity index (χ4v) is 2.04. The molecule has 1 fully saturated rings. The van der Waals surface area contributed by atoms with Gasteiger partial charge in [-0.1, -0.05) is 0 Å². The molecule has 0 saturated heterocycles.